The van der Waals surface area contributed by atoms with E-state index in [1.54, 1.807) is 4.31 Å². The van der Waals surface area contributed by atoms with Crippen LogP contribution in [0.4, 0.5) is 5.82 Å². The zero-order valence-corrected chi connectivity index (χ0v) is 17.2. The van der Waals surface area contributed by atoms with Crippen LogP contribution in [0.15, 0.2) is 30.3 Å². The first-order valence-electron chi connectivity index (χ1n) is 9.60. The lowest BCUT2D eigenvalue weighted by Gasteiger charge is -2.31. The summed E-state index contributed by atoms with van der Waals surface area (Å²) < 4.78 is 26.9. The maximum atomic E-state index is 12.7. The lowest BCUT2D eigenvalue weighted by molar-refractivity contribution is 0.386. The molecular weight excluding hydrogens is 360 g/mol. The van der Waals surface area contributed by atoms with Gasteiger partial charge in [-0.25, -0.2) is 18.4 Å². The molecule has 1 aromatic carbocycles. The quantitative estimate of drug-likeness (QED) is 0.729. The van der Waals surface area contributed by atoms with Crippen LogP contribution in [0.5, 0.6) is 0 Å². The van der Waals surface area contributed by atoms with Gasteiger partial charge in [-0.1, -0.05) is 43.7 Å². The zero-order chi connectivity index (χ0) is 19.4. The minimum atomic E-state index is -3.24. The maximum absolute atomic E-state index is 12.7. The molecule has 0 saturated carbocycles. The van der Waals surface area contributed by atoms with Crippen molar-refractivity contribution in [1.29, 1.82) is 0 Å². The summed E-state index contributed by atoms with van der Waals surface area (Å²) in [6, 6.07) is 9.93. The molecule has 7 heteroatoms. The Morgan fingerprint density at radius 1 is 1.15 bits per heavy atom. The van der Waals surface area contributed by atoms with Crippen molar-refractivity contribution in [3.8, 4) is 11.4 Å². The van der Waals surface area contributed by atoms with Gasteiger partial charge in [0.1, 0.15) is 5.82 Å². The van der Waals surface area contributed by atoms with Crippen molar-refractivity contribution in [1.82, 2.24) is 14.3 Å². The average molecular weight is 389 g/mol. The number of sulfonamides is 1. The van der Waals surface area contributed by atoms with E-state index in [1.807, 2.05) is 44.3 Å². The van der Waals surface area contributed by atoms with E-state index >= 15 is 0 Å². The van der Waals surface area contributed by atoms with Crippen LogP contribution in [0.1, 0.15) is 37.9 Å². The number of fused-ring (bicyclic) bond motifs is 1. The largest absolute Gasteiger partial charge is 0.360 e. The van der Waals surface area contributed by atoms with E-state index in [-0.39, 0.29) is 5.75 Å². The molecule has 6 nitrogen and oxygen atoms in total. The molecule has 0 atom stereocenters. The van der Waals surface area contributed by atoms with Gasteiger partial charge in [0.25, 0.3) is 0 Å². The number of rotatable bonds is 7. The minimum absolute atomic E-state index is 0.209. The van der Waals surface area contributed by atoms with Gasteiger partial charge in [0.2, 0.25) is 10.0 Å². The van der Waals surface area contributed by atoms with Crippen molar-refractivity contribution in [2.24, 2.45) is 0 Å². The Morgan fingerprint density at radius 3 is 2.56 bits per heavy atom. The Balaban J connectivity index is 2.00. The summed E-state index contributed by atoms with van der Waals surface area (Å²) in [6.07, 6.45) is 2.18. The van der Waals surface area contributed by atoms with Gasteiger partial charge in [-0.2, -0.15) is 4.31 Å². The first-order chi connectivity index (χ1) is 13.0. The fraction of sp³-hybridized carbons (Fsp3) is 0.500. The second-order valence-electron chi connectivity index (χ2n) is 6.93. The fourth-order valence-corrected chi connectivity index (χ4v) is 4.85. The molecule has 0 spiro atoms. The highest BCUT2D eigenvalue weighted by atomic mass is 32.2. The van der Waals surface area contributed by atoms with E-state index in [2.05, 4.69) is 11.8 Å². The van der Waals surface area contributed by atoms with Gasteiger partial charge in [0.05, 0.1) is 11.4 Å². The highest BCUT2D eigenvalue weighted by molar-refractivity contribution is 7.89. The van der Waals surface area contributed by atoms with Crippen molar-refractivity contribution in [3.63, 3.8) is 0 Å². The minimum Gasteiger partial charge on any atom is -0.360 e. The van der Waals surface area contributed by atoms with Crippen LogP contribution in [-0.2, 0) is 23.0 Å². The first-order valence-corrected chi connectivity index (χ1v) is 11.2. The third-order valence-corrected chi connectivity index (χ3v) is 6.92. The van der Waals surface area contributed by atoms with Gasteiger partial charge in [0, 0.05) is 44.2 Å². The van der Waals surface area contributed by atoms with E-state index < -0.39 is 10.0 Å². The van der Waals surface area contributed by atoms with Gasteiger partial charge in [-0.05, 0) is 13.3 Å². The molecule has 27 heavy (non-hydrogen) atoms. The molecule has 3 rings (SSSR count). The molecule has 0 fully saturated rings. The summed E-state index contributed by atoms with van der Waals surface area (Å²) in [5.74, 6) is 1.74. The molecule has 2 aromatic rings. The predicted molar refractivity (Wildman–Crippen MR) is 109 cm³/mol. The summed E-state index contributed by atoms with van der Waals surface area (Å²) in [5.41, 5.74) is 2.87. The van der Waals surface area contributed by atoms with Crippen LogP contribution in [0, 0.1) is 0 Å². The third kappa shape index (κ3) is 4.30. The van der Waals surface area contributed by atoms with Crippen LogP contribution < -0.4 is 4.90 Å². The first kappa shape index (κ1) is 19.8. The number of aromatic nitrogens is 2. The van der Waals surface area contributed by atoms with E-state index in [1.165, 1.54) is 0 Å². The lowest BCUT2D eigenvalue weighted by Crippen LogP contribution is -2.39. The van der Waals surface area contributed by atoms with Crippen LogP contribution in [0.25, 0.3) is 11.4 Å². The molecule has 0 N–H and O–H groups in total. The van der Waals surface area contributed by atoms with Crippen LogP contribution in [0.3, 0.4) is 0 Å². The number of hydrogen-bond acceptors (Lipinski definition) is 5. The van der Waals surface area contributed by atoms with E-state index in [0.29, 0.717) is 31.8 Å². The Kier molecular flexibility index (Phi) is 6.11. The number of nitrogens with zero attached hydrogens (tertiary/aromatic N) is 4. The smallest absolute Gasteiger partial charge is 0.214 e. The van der Waals surface area contributed by atoms with Gasteiger partial charge in [-0.3, -0.25) is 0 Å². The Morgan fingerprint density at radius 2 is 1.89 bits per heavy atom. The summed E-state index contributed by atoms with van der Waals surface area (Å²) in [6.45, 7) is 5.71. The summed E-state index contributed by atoms with van der Waals surface area (Å²) in [7, 11) is -1.25. The SMILES string of the molecule is CCCCS(=O)(=O)N1CCc2nc(-c3ccccc3)nc(N(C)CC)c2C1. The van der Waals surface area contributed by atoms with E-state index in [9.17, 15) is 8.42 Å². The normalized spacial score (nSPS) is 14.8. The molecule has 0 unspecified atom stereocenters. The molecular formula is C20H28N4O2S. The predicted octanol–water partition coefficient (Wildman–Crippen LogP) is 3.09. The van der Waals surface area contributed by atoms with Gasteiger partial charge < -0.3 is 4.90 Å². The van der Waals surface area contributed by atoms with Crippen molar-refractivity contribution >= 4 is 15.8 Å². The van der Waals surface area contributed by atoms with Crippen molar-refractivity contribution < 1.29 is 8.42 Å². The summed E-state index contributed by atoms with van der Waals surface area (Å²) >= 11 is 0. The third-order valence-electron chi connectivity index (χ3n) is 5.02. The number of hydrogen-bond donors (Lipinski definition) is 0. The monoisotopic (exact) mass is 388 g/mol. The topological polar surface area (TPSA) is 66.4 Å². The van der Waals surface area contributed by atoms with E-state index in [0.717, 1.165) is 35.6 Å². The second-order valence-corrected chi connectivity index (χ2v) is 9.02. The number of benzene rings is 1. The molecule has 1 aromatic heterocycles. The Labute approximate surface area is 162 Å². The van der Waals surface area contributed by atoms with Gasteiger partial charge >= 0.3 is 0 Å². The average Bonchev–Trinajstić information content (AvgIpc) is 2.71. The standard InChI is InChI=1S/C20H28N4O2S/c1-4-6-14-27(25,26)24-13-12-18-17(15-24)20(23(3)5-2)22-19(21-18)16-10-8-7-9-11-16/h7-11H,4-6,12-15H2,1-3H3. The van der Waals surface area contributed by atoms with E-state index in [4.69, 9.17) is 9.97 Å². The fourth-order valence-electron chi connectivity index (χ4n) is 3.25. The molecule has 1 aliphatic heterocycles. The molecule has 2 heterocycles. The zero-order valence-electron chi connectivity index (χ0n) is 16.4. The van der Waals surface area contributed by atoms with Crippen molar-refractivity contribution in [3.05, 3.63) is 41.6 Å². The van der Waals surface area contributed by atoms with Crippen molar-refractivity contribution in [2.75, 3.05) is 30.8 Å². The van der Waals surface area contributed by atoms with Crippen LogP contribution in [0.2, 0.25) is 0 Å². The second kappa shape index (κ2) is 8.35. The Hall–Kier alpha value is -1.99. The number of anilines is 1. The Bertz CT molecular complexity index is 884. The molecule has 146 valence electrons. The lowest BCUT2D eigenvalue weighted by atomic mass is 10.1. The van der Waals surface area contributed by atoms with Crippen LogP contribution >= 0.6 is 0 Å². The molecule has 0 bridgehead atoms. The number of unbranched alkanes of at least 4 members (excludes halogenated alkanes) is 1. The summed E-state index contributed by atoms with van der Waals surface area (Å²) in [5, 5.41) is 0. The highest BCUT2D eigenvalue weighted by Gasteiger charge is 2.30. The van der Waals surface area contributed by atoms with Gasteiger partial charge in [0.15, 0.2) is 5.82 Å². The molecule has 0 saturated heterocycles. The van der Waals surface area contributed by atoms with Gasteiger partial charge in [-0.15, -0.1) is 0 Å². The maximum Gasteiger partial charge on any atom is 0.214 e. The molecule has 1 aliphatic rings. The molecule has 0 radical (unpaired) electrons. The molecule has 0 amide bonds. The highest BCUT2D eigenvalue weighted by Crippen LogP contribution is 2.30. The molecule has 0 aliphatic carbocycles. The van der Waals surface area contributed by atoms with Crippen molar-refractivity contribution in [2.45, 2.75) is 39.7 Å². The van der Waals surface area contributed by atoms with Crippen LogP contribution in [-0.4, -0.2) is 48.6 Å². The summed E-state index contributed by atoms with van der Waals surface area (Å²) in [4.78, 5) is 11.6.